The lowest BCUT2D eigenvalue weighted by atomic mass is 9.81. The Balaban J connectivity index is 2.04. The molecule has 0 fully saturated rings. The van der Waals surface area contributed by atoms with Gasteiger partial charge in [0.05, 0.1) is 11.2 Å². The second kappa shape index (κ2) is 6.29. The van der Waals surface area contributed by atoms with Gasteiger partial charge in [0.1, 0.15) is 16.5 Å². The van der Waals surface area contributed by atoms with E-state index >= 15 is 0 Å². The number of allylic oxidation sites excluding steroid dienone is 2. The molecule has 1 aliphatic rings. The van der Waals surface area contributed by atoms with E-state index in [0.717, 1.165) is 21.8 Å². The van der Waals surface area contributed by atoms with E-state index in [1.165, 1.54) is 11.3 Å². The summed E-state index contributed by atoms with van der Waals surface area (Å²) in [6.07, 6.45) is 7.04. The number of carbonyl (C=O) groups excluding carboxylic acids is 1. The third-order valence-corrected chi connectivity index (χ3v) is 6.20. The number of carbonyl (C=O) groups is 1. The van der Waals surface area contributed by atoms with Crippen molar-refractivity contribution in [3.8, 4) is 10.6 Å². The molecule has 2 atom stereocenters. The van der Waals surface area contributed by atoms with Gasteiger partial charge in [0.25, 0.3) is 5.91 Å². The van der Waals surface area contributed by atoms with Crippen LogP contribution < -0.4 is 11.5 Å². The minimum Gasteiger partial charge on any atom is -0.385 e. The summed E-state index contributed by atoms with van der Waals surface area (Å²) in [6.45, 7) is 5.60. The number of rotatable bonds is 3. The summed E-state index contributed by atoms with van der Waals surface area (Å²) in [6, 6.07) is 1.84. The summed E-state index contributed by atoms with van der Waals surface area (Å²) in [7, 11) is 0. The number of fused-ring (bicyclic) bond motifs is 1. The van der Waals surface area contributed by atoms with Crippen LogP contribution in [0, 0.1) is 5.92 Å². The first kappa shape index (κ1) is 18.4. The highest BCUT2D eigenvalue weighted by atomic mass is 32.1. The molecule has 0 saturated heterocycles. The Hall–Kier alpha value is -2.97. The number of amides is 1. The van der Waals surface area contributed by atoms with E-state index in [-0.39, 0.29) is 17.3 Å². The zero-order valence-electron chi connectivity index (χ0n) is 15.8. The van der Waals surface area contributed by atoms with Crippen LogP contribution in [0.2, 0.25) is 0 Å². The van der Waals surface area contributed by atoms with Crippen molar-refractivity contribution in [2.24, 2.45) is 11.7 Å². The summed E-state index contributed by atoms with van der Waals surface area (Å²) in [4.78, 5) is 21.1. The molecule has 1 amide bonds. The molecular weight excluding hydrogens is 374 g/mol. The van der Waals surface area contributed by atoms with Crippen LogP contribution in [-0.4, -0.2) is 31.1 Å². The Bertz CT molecular complexity index is 1160. The maximum absolute atomic E-state index is 12.2. The van der Waals surface area contributed by atoms with E-state index in [1.54, 1.807) is 30.0 Å². The molecule has 4 rings (SSSR count). The lowest BCUT2D eigenvalue weighted by Crippen LogP contribution is -2.35. The van der Waals surface area contributed by atoms with Crippen LogP contribution in [0.5, 0.6) is 0 Å². The molecule has 3 aromatic rings. The molecule has 0 bridgehead atoms. The Morgan fingerprint density at radius 2 is 2.14 bits per heavy atom. The highest BCUT2D eigenvalue weighted by Crippen LogP contribution is 2.41. The van der Waals surface area contributed by atoms with E-state index in [9.17, 15) is 9.90 Å². The average Bonchev–Trinajstić information content (AvgIpc) is 3.25. The van der Waals surface area contributed by atoms with Crippen molar-refractivity contribution in [3.05, 3.63) is 47.1 Å². The van der Waals surface area contributed by atoms with Crippen LogP contribution in [0.15, 0.2) is 41.6 Å². The lowest BCUT2D eigenvalue weighted by Gasteiger charge is -2.34. The van der Waals surface area contributed by atoms with Crippen molar-refractivity contribution < 1.29 is 9.90 Å². The summed E-state index contributed by atoms with van der Waals surface area (Å²) in [5, 5.41) is 14.0. The predicted octanol–water partition coefficient (Wildman–Crippen LogP) is 3.03. The van der Waals surface area contributed by atoms with Gasteiger partial charge in [-0.25, -0.2) is 9.97 Å². The molecule has 1 unspecified atom stereocenters. The van der Waals surface area contributed by atoms with Crippen LogP contribution in [0.3, 0.4) is 0 Å². The summed E-state index contributed by atoms with van der Waals surface area (Å²) in [5.74, 6) is -0.668. The first-order valence-electron chi connectivity index (χ1n) is 8.84. The third kappa shape index (κ3) is 2.64. The molecule has 0 saturated carbocycles. The first-order chi connectivity index (χ1) is 13.2. The van der Waals surface area contributed by atoms with Gasteiger partial charge in [-0.3, -0.25) is 9.36 Å². The number of pyridine rings is 1. The normalized spacial score (nSPS) is 22.2. The predicted molar refractivity (Wildman–Crippen MR) is 112 cm³/mol. The van der Waals surface area contributed by atoms with Crippen molar-refractivity contribution in [2.75, 3.05) is 5.73 Å². The minimum atomic E-state index is -1.05. The van der Waals surface area contributed by atoms with Crippen LogP contribution in [0.4, 0.5) is 5.82 Å². The van der Waals surface area contributed by atoms with Crippen molar-refractivity contribution in [1.29, 1.82) is 0 Å². The molecule has 5 N–H and O–H groups in total. The smallest absolute Gasteiger partial charge is 0.253 e. The Morgan fingerprint density at radius 1 is 1.39 bits per heavy atom. The van der Waals surface area contributed by atoms with E-state index < -0.39 is 11.5 Å². The fourth-order valence-corrected chi connectivity index (χ4v) is 4.30. The quantitative estimate of drug-likeness (QED) is 0.629. The van der Waals surface area contributed by atoms with E-state index in [2.05, 4.69) is 9.97 Å². The SMILES string of the molecule is CC1=C(n2c(N)c(C(N)=O)c3cc(-c4nccs4)cnc32)[C@H](C)C(C)(O)C=C1. The molecule has 0 radical (unpaired) electrons. The van der Waals surface area contributed by atoms with Gasteiger partial charge in [-0.05, 0) is 25.5 Å². The first-order valence-corrected chi connectivity index (χ1v) is 9.72. The summed E-state index contributed by atoms with van der Waals surface area (Å²) >= 11 is 1.48. The number of nitrogens with two attached hydrogens (primary N) is 2. The van der Waals surface area contributed by atoms with Crippen LogP contribution in [-0.2, 0) is 0 Å². The van der Waals surface area contributed by atoms with E-state index in [1.807, 2.05) is 31.4 Å². The summed E-state index contributed by atoms with van der Waals surface area (Å²) < 4.78 is 1.74. The summed E-state index contributed by atoms with van der Waals surface area (Å²) in [5.41, 5.74) is 14.3. The lowest BCUT2D eigenvalue weighted by molar-refractivity contribution is 0.0747. The maximum atomic E-state index is 12.2. The van der Waals surface area contributed by atoms with Gasteiger partial charge in [0, 0.05) is 40.3 Å². The van der Waals surface area contributed by atoms with Crippen molar-refractivity contribution >= 4 is 39.8 Å². The van der Waals surface area contributed by atoms with E-state index in [0.29, 0.717) is 11.0 Å². The third-order valence-electron chi connectivity index (χ3n) is 5.37. The second-order valence-electron chi connectivity index (χ2n) is 7.24. The molecule has 0 spiro atoms. The zero-order valence-corrected chi connectivity index (χ0v) is 16.6. The van der Waals surface area contributed by atoms with Gasteiger partial charge in [-0.1, -0.05) is 19.1 Å². The minimum absolute atomic E-state index is 0.221. The fraction of sp³-hybridized carbons (Fsp3) is 0.250. The van der Waals surface area contributed by atoms with Gasteiger partial charge in [0.2, 0.25) is 0 Å². The highest BCUT2D eigenvalue weighted by Gasteiger charge is 2.35. The molecule has 3 aromatic heterocycles. The molecule has 7 nitrogen and oxygen atoms in total. The highest BCUT2D eigenvalue weighted by molar-refractivity contribution is 7.13. The van der Waals surface area contributed by atoms with Gasteiger partial charge < -0.3 is 16.6 Å². The number of hydrogen-bond acceptors (Lipinski definition) is 6. The fourth-order valence-electron chi connectivity index (χ4n) is 3.68. The molecule has 0 aliphatic heterocycles. The van der Waals surface area contributed by atoms with Crippen molar-refractivity contribution in [2.45, 2.75) is 26.4 Å². The van der Waals surface area contributed by atoms with Gasteiger partial charge in [0.15, 0.2) is 0 Å². The van der Waals surface area contributed by atoms with Gasteiger partial charge in [-0.2, -0.15) is 0 Å². The van der Waals surface area contributed by atoms with Crippen molar-refractivity contribution in [1.82, 2.24) is 14.5 Å². The van der Waals surface area contributed by atoms with Crippen molar-refractivity contribution in [3.63, 3.8) is 0 Å². The zero-order chi connectivity index (χ0) is 20.2. The largest absolute Gasteiger partial charge is 0.385 e. The standard InChI is InChI=1S/C20H21N5O2S/c1-10-4-5-20(3,27)11(2)15(10)25-16(21)14(17(22)26)13-8-12(9-24-18(13)25)19-23-6-7-28-19/h4-9,11,27H,21H2,1-3H3,(H2,22,26)/t11-,20?/m0/s1. The average molecular weight is 395 g/mol. The monoisotopic (exact) mass is 395 g/mol. The Kier molecular flexibility index (Phi) is 4.13. The van der Waals surface area contributed by atoms with Gasteiger partial charge >= 0.3 is 0 Å². The molecule has 3 heterocycles. The second-order valence-corrected chi connectivity index (χ2v) is 8.14. The number of primary amides is 1. The number of nitrogen functional groups attached to an aromatic ring is 1. The van der Waals surface area contributed by atoms with E-state index in [4.69, 9.17) is 11.5 Å². The maximum Gasteiger partial charge on any atom is 0.253 e. The molecular formula is C20H21N5O2S. The van der Waals surface area contributed by atoms with Gasteiger partial charge in [-0.15, -0.1) is 11.3 Å². The Morgan fingerprint density at radius 3 is 2.79 bits per heavy atom. The Labute approximate surface area is 166 Å². The van der Waals surface area contributed by atoms with Crippen LogP contribution in [0.1, 0.15) is 31.1 Å². The number of nitrogens with zero attached hydrogens (tertiary/aromatic N) is 3. The molecule has 28 heavy (non-hydrogen) atoms. The number of aliphatic hydroxyl groups is 1. The molecule has 1 aliphatic carbocycles. The number of aromatic nitrogens is 3. The number of thiazole rings is 1. The molecule has 144 valence electrons. The molecule has 0 aromatic carbocycles. The topological polar surface area (TPSA) is 120 Å². The number of hydrogen-bond donors (Lipinski definition) is 3. The van der Waals surface area contributed by atoms with Crippen LogP contribution >= 0.6 is 11.3 Å². The molecule has 8 heteroatoms. The van der Waals surface area contributed by atoms with Crippen LogP contribution in [0.25, 0.3) is 27.3 Å². The number of anilines is 1.